The molecule has 2 aromatic heterocycles. The summed E-state index contributed by atoms with van der Waals surface area (Å²) in [5.41, 5.74) is 1.71. The first-order valence-electron chi connectivity index (χ1n) is 9.40. The summed E-state index contributed by atoms with van der Waals surface area (Å²) in [5.74, 6) is 0.699. The minimum absolute atomic E-state index is 0.114. The molecular weight excluding hydrogens is 404 g/mol. The van der Waals surface area contributed by atoms with Gasteiger partial charge in [0, 0.05) is 13.1 Å². The lowest BCUT2D eigenvalue weighted by Crippen LogP contribution is -2.36. The number of ether oxygens (including phenoxy) is 1. The summed E-state index contributed by atoms with van der Waals surface area (Å²) in [6, 6.07) is 13.6. The highest BCUT2D eigenvalue weighted by Gasteiger charge is 2.24. The molecule has 6 nitrogen and oxygen atoms in total. The molecule has 0 bridgehead atoms. The summed E-state index contributed by atoms with van der Waals surface area (Å²) in [6.07, 6.45) is 0. The van der Waals surface area contributed by atoms with E-state index in [4.69, 9.17) is 9.72 Å². The fraction of sp³-hybridized carbons (Fsp3) is 0.286. The number of fused-ring (bicyclic) bond motifs is 2. The molecule has 0 aliphatic carbocycles. The highest BCUT2D eigenvalue weighted by molar-refractivity contribution is 7.23. The second-order valence-electron chi connectivity index (χ2n) is 6.81. The van der Waals surface area contributed by atoms with E-state index in [2.05, 4.69) is 9.88 Å². The molecule has 0 spiro atoms. The molecule has 0 fully saturated rings. The van der Waals surface area contributed by atoms with Crippen molar-refractivity contribution >= 4 is 54.1 Å². The van der Waals surface area contributed by atoms with Gasteiger partial charge in [-0.25, -0.2) is 9.97 Å². The lowest BCUT2D eigenvalue weighted by atomic mass is 10.3. The lowest BCUT2D eigenvalue weighted by Gasteiger charge is -2.20. The molecule has 4 aromatic rings. The van der Waals surface area contributed by atoms with Crippen LogP contribution in [0.2, 0.25) is 0 Å². The SMILES string of the molecule is CCOc1ccc2nc(N(CCN(C)C)C(=O)c3nc4ccccc4s3)sc2c1. The summed E-state index contributed by atoms with van der Waals surface area (Å²) in [5, 5.41) is 1.17. The number of carbonyl (C=O) groups is 1. The summed E-state index contributed by atoms with van der Waals surface area (Å²) < 4.78 is 7.60. The maximum atomic E-state index is 13.4. The van der Waals surface area contributed by atoms with E-state index in [0.29, 0.717) is 23.3 Å². The summed E-state index contributed by atoms with van der Waals surface area (Å²) in [7, 11) is 3.99. The van der Waals surface area contributed by atoms with Gasteiger partial charge in [-0.2, -0.15) is 0 Å². The van der Waals surface area contributed by atoms with Gasteiger partial charge in [-0.05, 0) is 51.4 Å². The zero-order valence-electron chi connectivity index (χ0n) is 16.6. The molecule has 0 radical (unpaired) electrons. The van der Waals surface area contributed by atoms with Crippen LogP contribution in [0.4, 0.5) is 5.13 Å². The van der Waals surface area contributed by atoms with E-state index < -0.39 is 0 Å². The number of rotatable bonds is 7. The van der Waals surface area contributed by atoms with Crippen LogP contribution in [0, 0.1) is 0 Å². The molecule has 0 atom stereocenters. The van der Waals surface area contributed by atoms with Crippen molar-refractivity contribution in [1.29, 1.82) is 0 Å². The maximum absolute atomic E-state index is 13.4. The summed E-state index contributed by atoms with van der Waals surface area (Å²) >= 11 is 2.92. The molecule has 2 heterocycles. The van der Waals surface area contributed by atoms with Gasteiger partial charge >= 0.3 is 0 Å². The third kappa shape index (κ3) is 4.24. The Balaban J connectivity index is 1.70. The van der Waals surface area contributed by atoms with E-state index in [-0.39, 0.29) is 5.91 Å². The molecule has 150 valence electrons. The van der Waals surface area contributed by atoms with Crippen LogP contribution in [0.15, 0.2) is 42.5 Å². The van der Waals surface area contributed by atoms with Crippen molar-refractivity contribution in [3.05, 3.63) is 47.5 Å². The molecule has 1 amide bonds. The Kier molecular flexibility index (Phi) is 5.75. The zero-order valence-corrected chi connectivity index (χ0v) is 18.2. The van der Waals surface area contributed by atoms with Crippen molar-refractivity contribution in [2.45, 2.75) is 6.92 Å². The second kappa shape index (κ2) is 8.44. The van der Waals surface area contributed by atoms with E-state index in [1.54, 1.807) is 4.90 Å². The van der Waals surface area contributed by atoms with Crippen molar-refractivity contribution < 1.29 is 9.53 Å². The van der Waals surface area contributed by atoms with Gasteiger partial charge in [0.1, 0.15) is 5.75 Å². The van der Waals surface area contributed by atoms with Crippen molar-refractivity contribution in [3.8, 4) is 5.75 Å². The zero-order chi connectivity index (χ0) is 20.4. The Bertz CT molecular complexity index is 1120. The van der Waals surface area contributed by atoms with Gasteiger partial charge in [0.25, 0.3) is 5.91 Å². The lowest BCUT2D eigenvalue weighted by molar-refractivity contribution is 0.0985. The quantitative estimate of drug-likeness (QED) is 0.435. The molecule has 0 saturated heterocycles. The molecule has 8 heteroatoms. The van der Waals surface area contributed by atoms with Crippen LogP contribution < -0.4 is 9.64 Å². The van der Waals surface area contributed by atoms with Crippen LogP contribution in [0.5, 0.6) is 5.75 Å². The first-order valence-corrected chi connectivity index (χ1v) is 11.0. The highest BCUT2D eigenvalue weighted by atomic mass is 32.1. The minimum atomic E-state index is -0.114. The highest BCUT2D eigenvalue weighted by Crippen LogP contribution is 2.33. The van der Waals surface area contributed by atoms with Gasteiger partial charge < -0.3 is 9.64 Å². The van der Waals surface area contributed by atoms with Crippen LogP contribution in [-0.2, 0) is 0 Å². The molecule has 2 aromatic carbocycles. The molecule has 29 heavy (non-hydrogen) atoms. The first-order chi connectivity index (χ1) is 14.0. The largest absolute Gasteiger partial charge is 0.494 e. The van der Waals surface area contributed by atoms with Gasteiger partial charge in [-0.15, -0.1) is 11.3 Å². The molecule has 0 saturated carbocycles. The molecule has 0 aliphatic heterocycles. The molecule has 0 unspecified atom stereocenters. The molecule has 4 rings (SSSR count). The van der Waals surface area contributed by atoms with Crippen LogP contribution in [0.25, 0.3) is 20.4 Å². The van der Waals surface area contributed by atoms with Gasteiger partial charge in [0.15, 0.2) is 10.1 Å². The number of anilines is 1. The third-order valence-corrected chi connectivity index (χ3v) is 6.45. The van der Waals surface area contributed by atoms with Crippen molar-refractivity contribution in [2.75, 3.05) is 38.7 Å². The van der Waals surface area contributed by atoms with Gasteiger partial charge in [-0.1, -0.05) is 23.5 Å². The standard InChI is InChI=1S/C21H22N4O2S2/c1-4-27-14-9-10-16-18(13-14)29-21(23-16)25(12-11-24(2)3)20(26)19-22-15-7-5-6-8-17(15)28-19/h5-10,13H,4,11-12H2,1-3H3. The van der Waals surface area contributed by atoms with Gasteiger partial charge in [-0.3, -0.25) is 9.69 Å². The Labute approximate surface area is 177 Å². The number of nitrogens with zero attached hydrogens (tertiary/aromatic N) is 4. The Morgan fingerprint density at radius 3 is 2.55 bits per heavy atom. The number of aromatic nitrogens is 2. The third-order valence-electron chi connectivity index (χ3n) is 4.38. The van der Waals surface area contributed by atoms with Crippen LogP contribution in [-0.4, -0.2) is 54.6 Å². The number of benzene rings is 2. The fourth-order valence-electron chi connectivity index (χ4n) is 2.93. The van der Waals surface area contributed by atoms with Gasteiger partial charge in [0.05, 0.1) is 27.0 Å². The Morgan fingerprint density at radius 2 is 1.79 bits per heavy atom. The van der Waals surface area contributed by atoms with E-state index in [0.717, 1.165) is 32.7 Å². The Morgan fingerprint density at radius 1 is 1.00 bits per heavy atom. The monoisotopic (exact) mass is 426 g/mol. The van der Waals surface area contributed by atoms with Crippen molar-refractivity contribution in [1.82, 2.24) is 14.9 Å². The molecular formula is C21H22N4O2S2. The number of amides is 1. The summed E-state index contributed by atoms with van der Waals surface area (Å²) in [6.45, 7) is 3.85. The van der Waals surface area contributed by atoms with E-state index >= 15 is 0 Å². The normalized spacial score (nSPS) is 11.4. The van der Waals surface area contributed by atoms with Gasteiger partial charge in [0.2, 0.25) is 0 Å². The molecule has 0 aliphatic rings. The van der Waals surface area contributed by atoms with E-state index in [9.17, 15) is 4.79 Å². The summed E-state index contributed by atoms with van der Waals surface area (Å²) in [4.78, 5) is 26.4. The minimum Gasteiger partial charge on any atom is -0.494 e. The second-order valence-corrected chi connectivity index (χ2v) is 8.85. The number of carbonyl (C=O) groups excluding carboxylic acids is 1. The van der Waals surface area contributed by atoms with Crippen molar-refractivity contribution in [2.24, 2.45) is 0 Å². The topological polar surface area (TPSA) is 58.6 Å². The first kappa shape index (κ1) is 19.8. The number of hydrogen-bond donors (Lipinski definition) is 0. The smallest absolute Gasteiger partial charge is 0.289 e. The fourth-order valence-corrected chi connectivity index (χ4v) is 4.86. The average molecular weight is 427 g/mol. The predicted octanol–water partition coefficient (Wildman–Crippen LogP) is 4.51. The maximum Gasteiger partial charge on any atom is 0.289 e. The number of para-hydroxylation sites is 1. The van der Waals surface area contributed by atoms with E-state index in [1.165, 1.54) is 22.7 Å². The van der Waals surface area contributed by atoms with Crippen LogP contribution in [0.3, 0.4) is 0 Å². The van der Waals surface area contributed by atoms with Crippen LogP contribution in [0.1, 0.15) is 16.7 Å². The number of thiazole rings is 2. The average Bonchev–Trinajstić information content (AvgIpc) is 3.31. The van der Waals surface area contributed by atoms with Crippen LogP contribution >= 0.6 is 22.7 Å². The van der Waals surface area contributed by atoms with E-state index in [1.807, 2.05) is 63.5 Å². The Hall–Kier alpha value is -2.55. The number of likely N-dealkylation sites (N-methyl/N-ethyl adjacent to an activating group) is 1. The number of hydrogen-bond acceptors (Lipinski definition) is 7. The predicted molar refractivity (Wildman–Crippen MR) is 121 cm³/mol. The van der Waals surface area contributed by atoms with Crippen molar-refractivity contribution in [3.63, 3.8) is 0 Å². The molecule has 0 N–H and O–H groups in total.